The van der Waals surface area contributed by atoms with E-state index in [4.69, 9.17) is 4.74 Å². The lowest BCUT2D eigenvalue weighted by Gasteiger charge is -2.29. The molecule has 8 nitrogen and oxygen atoms in total. The molecule has 0 aliphatic heterocycles. The van der Waals surface area contributed by atoms with Crippen molar-refractivity contribution in [1.82, 2.24) is 15.0 Å². The summed E-state index contributed by atoms with van der Waals surface area (Å²) >= 11 is 0. The van der Waals surface area contributed by atoms with Crippen LogP contribution in [0.15, 0.2) is 53.7 Å². The van der Waals surface area contributed by atoms with Crippen molar-refractivity contribution < 1.29 is 14.3 Å². The molecule has 0 fully saturated rings. The third-order valence-electron chi connectivity index (χ3n) is 4.82. The van der Waals surface area contributed by atoms with E-state index >= 15 is 0 Å². The summed E-state index contributed by atoms with van der Waals surface area (Å²) in [4.78, 5) is 48.4. The van der Waals surface area contributed by atoms with Crippen LogP contribution in [0.5, 0.6) is 11.6 Å². The Labute approximate surface area is 172 Å². The standard InChI is InChI=1S/C22H20N4O4/c1-22(2)10-17-15(18(27)11-22)9-16(21(29)26-17)20(28)25-13-4-3-5-14(8-13)30-19-12-23-6-7-24-19/h3-9,12H,10-11H2,1-2H3,(H,25,28)(H,26,29). The molecule has 0 spiro atoms. The van der Waals surface area contributed by atoms with Gasteiger partial charge in [0, 0.05) is 41.8 Å². The van der Waals surface area contributed by atoms with Crippen molar-refractivity contribution in [3.63, 3.8) is 0 Å². The lowest BCUT2D eigenvalue weighted by Crippen LogP contribution is -2.32. The van der Waals surface area contributed by atoms with E-state index in [-0.39, 0.29) is 16.8 Å². The van der Waals surface area contributed by atoms with Gasteiger partial charge in [-0.05, 0) is 30.0 Å². The molecular formula is C22H20N4O4. The molecule has 2 heterocycles. The number of benzene rings is 1. The molecule has 0 unspecified atom stereocenters. The average molecular weight is 404 g/mol. The zero-order valence-electron chi connectivity index (χ0n) is 16.6. The lowest BCUT2D eigenvalue weighted by atomic mass is 9.75. The molecule has 0 bridgehead atoms. The van der Waals surface area contributed by atoms with Crippen LogP contribution in [0.2, 0.25) is 0 Å². The Bertz CT molecular complexity index is 1190. The second kappa shape index (κ2) is 7.55. The van der Waals surface area contributed by atoms with Gasteiger partial charge < -0.3 is 15.0 Å². The fraction of sp³-hybridized carbons (Fsp3) is 0.227. The maximum absolute atomic E-state index is 12.7. The average Bonchev–Trinajstić information content (AvgIpc) is 2.67. The summed E-state index contributed by atoms with van der Waals surface area (Å²) in [5.74, 6) is 0.0814. The zero-order valence-corrected chi connectivity index (χ0v) is 16.6. The number of ketones is 1. The van der Waals surface area contributed by atoms with Crippen molar-refractivity contribution in [2.75, 3.05) is 5.32 Å². The molecule has 2 N–H and O–H groups in total. The topological polar surface area (TPSA) is 114 Å². The number of rotatable bonds is 4. The van der Waals surface area contributed by atoms with Crippen LogP contribution in [0, 0.1) is 5.41 Å². The lowest BCUT2D eigenvalue weighted by molar-refractivity contribution is 0.0910. The summed E-state index contributed by atoms with van der Waals surface area (Å²) in [5, 5.41) is 2.68. The SMILES string of the molecule is CC1(C)CC(=O)c2cc(C(=O)Nc3cccc(Oc4cnccn4)c3)c(=O)[nH]c2C1. The maximum Gasteiger partial charge on any atom is 0.261 e. The number of anilines is 1. The minimum absolute atomic E-state index is 0.0779. The van der Waals surface area contributed by atoms with Crippen molar-refractivity contribution >= 4 is 17.4 Å². The third-order valence-corrected chi connectivity index (χ3v) is 4.82. The van der Waals surface area contributed by atoms with Crippen LogP contribution in [0.4, 0.5) is 5.69 Å². The Kier molecular flexibility index (Phi) is 4.91. The molecule has 152 valence electrons. The fourth-order valence-corrected chi connectivity index (χ4v) is 3.49. The fourth-order valence-electron chi connectivity index (χ4n) is 3.49. The molecule has 0 radical (unpaired) electrons. The molecule has 1 aromatic carbocycles. The molecule has 1 amide bonds. The van der Waals surface area contributed by atoms with Gasteiger partial charge in [0.2, 0.25) is 5.88 Å². The Morgan fingerprint density at radius 2 is 2.00 bits per heavy atom. The van der Waals surface area contributed by atoms with Crippen LogP contribution < -0.4 is 15.6 Å². The zero-order chi connectivity index (χ0) is 21.3. The molecule has 4 rings (SSSR count). The van der Waals surface area contributed by atoms with E-state index in [2.05, 4.69) is 20.3 Å². The van der Waals surface area contributed by atoms with E-state index in [1.807, 2.05) is 13.8 Å². The van der Waals surface area contributed by atoms with Gasteiger partial charge in [0.25, 0.3) is 11.5 Å². The Balaban J connectivity index is 1.56. The highest BCUT2D eigenvalue weighted by Crippen LogP contribution is 2.33. The molecular weight excluding hydrogens is 384 g/mol. The van der Waals surface area contributed by atoms with Crippen LogP contribution in [0.25, 0.3) is 0 Å². The smallest absolute Gasteiger partial charge is 0.261 e. The number of Topliss-reactive ketones (excluding diaryl/α,β-unsaturated/α-hetero) is 1. The van der Waals surface area contributed by atoms with Gasteiger partial charge in [-0.1, -0.05) is 19.9 Å². The minimum atomic E-state index is -0.603. The number of fused-ring (bicyclic) bond motifs is 1. The number of carbonyl (C=O) groups is 2. The summed E-state index contributed by atoms with van der Waals surface area (Å²) in [5.41, 5.74) is 0.563. The quantitative estimate of drug-likeness (QED) is 0.689. The van der Waals surface area contributed by atoms with Gasteiger partial charge in [0.1, 0.15) is 11.3 Å². The second-order valence-electron chi connectivity index (χ2n) is 7.97. The van der Waals surface area contributed by atoms with Gasteiger partial charge in [0.15, 0.2) is 5.78 Å². The summed E-state index contributed by atoms with van der Waals surface area (Å²) < 4.78 is 5.60. The van der Waals surface area contributed by atoms with Crippen molar-refractivity contribution in [1.29, 1.82) is 0 Å². The summed E-state index contributed by atoms with van der Waals surface area (Å²) in [6, 6.07) is 8.07. The second-order valence-corrected chi connectivity index (χ2v) is 7.97. The molecule has 1 aliphatic carbocycles. The minimum Gasteiger partial charge on any atom is -0.437 e. The number of H-pyrrole nitrogens is 1. The van der Waals surface area contributed by atoms with Crippen LogP contribution in [0.1, 0.15) is 46.7 Å². The van der Waals surface area contributed by atoms with Gasteiger partial charge in [0.05, 0.1) is 6.20 Å². The van der Waals surface area contributed by atoms with Crippen molar-refractivity contribution in [3.05, 3.63) is 76.1 Å². The van der Waals surface area contributed by atoms with E-state index in [1.54, 1.807) is 24.3 Å². The first-order chi connectivity index (χ1) is 14.3. The number of ether oxygens (including phenoxy) is 1. The Morgan fingerprint density at radius 1 is 1.17 bits per heavy atom. The highest BCUT2D eigenvalue weighted by molar-refractivity contribution is 6.06. The van der Waals surface area contributed by atoms with Crippen molar-refractivity contribution in [2.24, 2.45) is 5.41 Å². The van der Waals surface area contributed by atoms with E-state index in [1.165, 1.54) is 24.7 Å². The number of nitrogens with zero attached hydrogens (tertiary/aromatic N) is 2. The number of carbonyl (C=O) groups excluding carboxylic acids is 2. The highest BCUT2D eigenvalue weighted by Gasteiger charge is 2.32. The Morgan fingerprint density at radius 3 is 2.77 bits per heavy atom. The number of pyridine rings is 1. The molecule has 0 saturated carbocycles. The van der Waals surface area contributed by atoms with Crippen LogP contribution in [0.3, 0.4) is 0 Å². The number of amides is 1. The monoisotopic (exact) mass is 404 g/mol. The van der Waals surface area contributed by atoms with Gasteiger partial charge in [-0.25, -0.2) is 4.98 Å². The molecule has 3 aromatic rings. The van der Waals surface area contributed by atoms with E-state index in [9.17, 15) is 14.4 Å². The number of hydrogen-bond acceptors (Lipinski definition) is 6. The van der Waals surface area contributed by atoms with Gasteiger partial charge in [-0.2, -0.15) is 0 Å². The van der Waals surface area contributed by atoms with Crippen LogP contribution >= 0.6 is 0 Å². The van der Waals surface area contributed by atoms with Crippen LogP contribution in [-0.2, 0) is 6.42 Å². The molecule has 30 heavy (non-hydrogen) atoms. The molecule has 8 heteroatoms. The third kappa shape index (κ3) is 4.12. The number of hydrogen-bond donors (Lipinski definition) is 2. The largest absolute Gasteiger partial charge is 0.437 e. The highest BCUT2D eigenvalue weighted by atomic mass is 16.5. The normalized spacial score (nSPS) is 14.7. The number of aromatic amines is 1. The molecule has 1 aliphatic rings. The van der Waals surface area contributed by atoms with E-state index in [0.29, 0.717) is 41.4 Å². The van der Waals surface area contributed by atoms with Crippen LogP contribution in [-0.4, -0.2) is 26.6 Å². The maximum atomic E-state index is 12.7. The van der Waals surface area contributed by atoms with Crippen molar-refractivity contribution in [3.8, 4) is 11.6 Å². The summed E-state index contributed by atoms with van der Waals surface area (Å²) in [7, 11) is 0. The van der Waals surface area contributed by atoms with E-state index < -0.39 is 11.5 Å². The predicted octanol–water partition coefficient (Wildman–Crippen LogP) is 3.36. The molecule has 2 aromatic heterocycles. The van der Waals surface area contributed by atoms with Gasteiger partial charge >= 0.3 is 0 Å². The first kappa shape index (κ1) is 19.5. The van der Waals surface area contributed by atoms with Gasteiger partial charge in [-0.15, -0.1) is 0 Å². The van der Waals surface area contributed by atoms with E-state index in [0.717, 1.165) is 0 Å². The van der Waals surface area contributed by atoms with Crippen molar-refractivity contribution in [2.45, 2.75) is 26.7 Å². The number of nitrogens with one attached hydrogen (secondary N) is 2. The van der Waals surface area contributed by atoms with Gasteiger partial charge in [-0.3, -0.25) is 19.4 Å². The molecule has 0 saturated heterocycles. The predicted molar refractivity (Wildman–Crippen MR) is 110 cm³/mol. The number of aromatic nitrogens is 3. The molecule has 0 atom stereocenters. The first-order valence-electron chi connectivity index (χ1n) is 9.45. The summed E-state index contributed by atoms with van der Waals surface area (Å²) in [6.07, 6.45) is 5.45. The first-order valence-corrected chi connectivity index (χ1v) is 9.45. The Hall–Kier alpha value is -3.81. The summed E-state index contributed by atoms with van der Waals surface area (Å²) in [6.45, 7) is 3.95.